The van der Waals surface area contributed by atoms with Gasteiger partial charge in [-0.3, -0.25) is 19.3 Å². The van der Waals surface area contributed by atoms with E-state index < -0.39 is 88.7 Å². The van der Waals surface area contributed by atoms with Crippen LogP contribution < -0.4 is 0 Å². The maximum atomic E-state index is 13.9. The molecule has 4 aliphatic rings. The number of carbonyl (C=O) groups is 5. The van der Waals surface area contributed by atoms with Crippen LogP contribution in [0.1, 0.15) is 59.3 Å². The third kappa shape index (κ3) is 4.95. The average molecular weight is 594 g/mol. The van der Waals surface area contributed by atoms with Crippen molar-refractivity contribution in [2.75, 3.05) is 26.8 Å². The molecule has 13 nitrogen and oxygen atoms in total. The van der Waals surface area contributed by atoms with Gasteiger partial charge in [0.25, 0.3) is 0 Å². The van der Waals surface area contributed by atoms with Crippen molar-refractivity contribution >= 4 is 29.7 Å². The molecule has 2 bridgehead atoms. The summed E-state index contributed by atoms with van der Waals surface area (Å²) in [5, 5.41) is 31.7. The Bertz CT molecular complexity index is 1230. The van der Waals surface area contributed by atoms with E-state index in [4.69, 9.17) is 18.9 Å². The molecule has 4 aliphatic heterocycles. The number of Topliss-reactive ketones (excluding diaryl/α,β-unsaturated/α-hetero) is 1. The molecular formula is C29H39NO12. The summed E-state index contributed by atoms with van der Waals surface area (Å²) in [6.07, 6.45) is 0.0729. The number of nitrogens with zero attached hydrogens (tertiary/aromatic N) is 1. The first-order valence-electron chi connectivity index (χ1n) is 14.0. The minimum atomic E-state index is -2.26. The molecule has 7 atom stereocenters. The predicted octanol–water partition coefficient (Wildman–Crippen LogP) is 0.449. The largest absolute Gasteiger partial charge is 0.480 e. The number of rotatable bonds is 8. The summed E-state index contributed by atoms with van der Waals surface area (Å²) in [4.78, 5) is 66.5. The number of hydrogen-bond donors (Lipinski definition) is 3. The number of esters is 3. The Hall–Kier alpha value is -3.13. The van der Waals surface area contributed by atoms with Crippen LogP contribution in [0.4, 0.5) is 0 Å². The van der Waals surface area contributed by atoms with Crippen molar-refractivity contribution in [3.63, 3.8) is 0 Å². The van der Waals surface area contributed by atoms with E-state index >= 15 is 0 Å². The van der Waals surface area contributed by atoms with Crippen molar-refractivity contribution < 1.29 is 58.2 Å². The highest BCUT2D eigenvalue weighted by molar-refractivity contribution is 6.05. The lowest BCUT2D eigenvalue weighted by atomic mass is 9.69. The predicted molar refractivity (Wildman–Crippen MR) is 143 cm³/mol. The van der Waals surface area contributed by atoms with Gasteiger partial charge < -0.3 is 34.3 Å². The van der Waals surface area contributed by atoms with Crippen LogP contribution in [0.25, 0.3) is 0 Å². The molecule has 0 aromatic rings. The number of carboxylic acids is 1. The molecule has 42 heavy (non-hydrogen) atoms. The zero-order valence-electron chi connectivity index (χ0n) is 24.3. The number of fused-ring (bicyclic) bond motifs is 3. The van der Waals surface area contributed by atoms with Gasteiger partial charge >= 0.3 is 23.9 Å². The van der Waals surface area contributed by atoms with Gasteiger partial charge in [0, 0.05) is 19.4 Å². The lowest BCUT2D eigenvalue weighted by Crippen LogP contribution is -2.59. The summed E-state index contributed by atoms with van der Waals surface area (Å²) in [5.41, 5.74) is -7.54. The first-order valence-corrected chi connectivity index (χ1v) is 14.0. The van der Waals surface area contributed by atoms with E-state index in [1.807, 2.05) is 0 Å². The maximum Gasteiger partial charge on any atom is 0.337 e. The molecule has 0 aromatic heterocycles. The Labute approximate surface area is 243 Å². The molecule has 0 spiro atoms. The van der Waals surface area contributed by atoms with Crippen LogP contribution in [-0.4, -0.2) is 111 Å². The van der Waals surface area contributed by atoms with E-state index in [1.54, 1.807) is 18.7 Å². The van der Waals surface area contributed by atoms with Gasteiger partial charge in [0.15, 0.2) is 11.4 Å². The highest BCUT2D eigenvalue weighted by atomic mass is 16.6. The van der Waals surface area contributed by atoms with E-state index in [9.17, 15) is 39.3 Å². The lowest BCUT2D eigenvalue weighted by molar-refractivity contribution is -0.194. The van der Waals surface area contributed by atoms with Crippen LogP contribution >= 0.6 is 0 Å². The summed E-state index contributed by atoms with van der Waals surface area (Å²) >= 11 is 0. The highest BCUT2D eigenvalue weighted by Crippen LogP contribution is 2.55. The van der Waals surface area contributed by atoms with Gasteiger partial charge in [0.1, 0.15) is 23.3 Å². The number of likely N-dealkylation sites (tertiary alicyclic amines) is 1. The number of aliphatic hydroxyl groups is 2. The second-order valence-corrected chi connectivity index (χ2v) is 12.0. The first-order chi connectivity index (χ1) is 19.6. The Balaban J connectivity index is 1.80. The van der Waals surface area contributed by atoms with Crippen LogP contribution in [0, 0.1) is 5.92 Å². The van der Waals surface area contributed by atoms with E-state index in [-0.39, 0.29) is 31.4 Å². The van der Waals surface area contributed by atoms with Gasteiger partial charge in [-0.1, -0.05) is 12.7 Å². The van der Waals surface area contributed by atoms with Crippen molar-refractivity contribution in [2.24, 2.45) is 5.92 Å². The topological polar surface area (TPSA) is 186 Å². The smallest absolute Gasteiger partial charge is 0.337 e. The molecule has 0 saturated carbocycles. The highest BCUT2D eigenvalue weighted by Gasteiger charge is 2.69. The van der Waals surface area contributed by atoms with E-state index in [0.717, 1.165) is 7.11 Å². The number of ether oxygens (including phenoxy) is 4. The van der Waals surface area contributed by atoms with E-state index in [0.29, 0.717) is 19.4 Å². The molecule has 0 radical (unpaired) electrons. The van der Waals surface area contributed by atoms with Gasteiger partial charge in [-0.2, -0.15) is 0 Å². The van der Waals surface area contributed by atoms with Crippen molar-refractivity contribution in [1.82, 2.24) is 4.90 Å². The molecular weight excluding hydrogens is 554 g/mol. The van der Waals surface area contributed by atoms with Gasteiger partial charge in [0.05, 0.1) is 36.4 Å². The normalized spacial score (nSPS) is 38.2. The molecule has 13 heteroatoms. The fraction of sp³-hybridized carbons (Fsp3) is 0.690. The molecule has 232 valence electrons. The number of aliphatic hydroxyl groups excluding tert-OH is 1. The molecule has 4 fully saturated rings. The second-order valence-electron chi connectivity index (χ2n) is 12.0. The van der Waals surface area contributed by atoms with Gasteiger partial charge in [-0.15, -0.1) is 0 Å². The number of allylic oxidation sites excluding steroid dienone is 1. The Kier molecular flexibility index (Phi) is 8.46. The van der Waals surface area contributed by atoms with E-state index in [2.05, 4.69) is 6.58 Å². The van der Waals surface area contributed by atoms with Crippen molar-refractivity contribution in [1.29, 1.82) is 0 Å². The minimum Gasteiger partial charge on any atom is -0.480 e. The summed E-state index contributed by atoms with van der Waals surface area (Å²) in [6.45, 7) is 7.98. The Morgan fingerprint density at radius 2 is 1.93 bits per heavy atom. The van der Waals surface area contributed by atoms with Crippen LogP contribution in [0.5, 0.6) is 0 Å². The molecule has 4 rings (SSSR count). The number of aliphatic carboxylic acids is 1. The molecule has 4 heterocycles. The fourth-order valence-electron chi connectivity index (χ4n) is 6.92. The minimum absolute atomic E-state index is 0.00519. The van der Waals surface area contributed by atoms with Crippen LogP contribution in [0.2, 0.25) is 0 Å². The van der Waals surface area contributed by atoms with E-state index in [1.165, 1.54) is 13.0 Å². The number of ketones is 1. The van der Waals surface area contributed by atoms with Gasteiger partial charge in [-0.25, -0.2) is 9.59 Å². The van der Waals surface area contributed by atoms with Gasteiger partial charge in [0.2, 0.25) is 0 Å². The molecule has 0 aromatic carbocycles. The van der Waals surface area contributed by atoms with Crippen LogP contribution in [0.15, 0.2) is 23.8 Å². The van der Waals surface area contributed by atoms with Crippen molar-refractivity contribution in [3.05, 3.63) is 23.8 Å². The standard InChI is InChI=1S/C29H39NO12/c1-6-18-25(37)41-27(4)13-21(40-24(36)17(15-31)14-30-11-7-8-19(30)22(33)34)29(16(2)23(35)39-5)20(32)12-26(3,42-29)9-10-28(18,27)38/h6,17,19,21,31,38H,2,7-15H2,1,3-5H3,(H,33,34)/b18-6-/t17-,19+,21-,26+,27+,28+,29+/m0/s1. The second kappa shape index (κ2) is 11.2. The van der Waals surface area contributed by atoms with Gasteiger partial charge in [-0.05, 0) is 53.0 Å². The zero-order valence-corrected chi connectivity index (χ0v) is 24.3. The first kappa shape index (κ1) is 31.8. The van der Waals surface area contributed by atoms with Crippen molar-refractivity contribution in [2.45, 2.75) is 93.8 Å². The quantitative estimate of drug-likeness (QED) is 0.200. The van der Waals surface area contributed by atoms with Crippen LogP contribution in [0.3, 0.4) is 0 Å². The third-order valence-corrected chi connectivity index (χ3v) is 9.34. The monoisotopic (exact) mass is 593 g/mol. The third-order valence-electron chi connectivity index (χ3n) is 9.34. The Morgan fingerprint density at radius 3 is 2.52 bits per heavy atom. The molecule has 0 aliphatic carbocycles. The molecule has 4 saturated heterocycles. The fourth-order valence-corrected chi connectivity index (χ4v) is 6.92. The number of carboxylic acid groups (broad SMARTS) is 1. The summed E-state index contributed by atoms with van der Waals surface area (Å²) in [6, 6.07) is -0.839. The molecule has 0 unspecified atom stereocenters. The lowest BCUT2D eigenvalue weighted by Gasteiger charge is -2.42. The summed E-state index contributed by atoms with van der Waals surface area (Å²) in [5.74, 6) is -5.67. The Morgan fingerprint density at radius 1 is 1.24 bits per heavy atom. The summed E-state index contributed by atoms with van der Waals surface area (Å²) < 4.78 is 22.9. The molecule has 3 N–H and O–H groups in total. The molecule has 0 amide bonds. The van der Waals surface area contributed by atoms with Crippen LogP contribution in [-0.2, 0) is 42.9 Å². The maximum absolute atomic E-state index is 13.9. The number of carbonyl (C=O) groups excluding carboxylic acids is 4. The number of hydrogen-bond acceptors (Lipinski definition) is 12. The average Bonchev–Trinajstić information content (AvgIpc) is 3.56. The van der Waals surface area contributed by atoms with Crippen molar-refractivity contribution in [3.8, 4) is 0 Å². The number of methoxy groups -OCH3 is 1. The SMILES string of the molecule is C=C(C(=O)OC)[C@]12O[C@](C)(CC[C@@]3(O)/C(=C\C)C(=O)O[C@]3(C)C[C@@H]1OC(=O)[C@H](CO)CN1CCC[C@@H]1C(=O)O)CC2=O. The summed E-state index contributed by atoms with van der Waals surface area (Å²) in [7, 11) is 1.09. The zero-order chi connectivity index (χ0) is 31.3.